The van der Waals surface area contributed by atoms with E-state index in [0.29, 0.717) is 12.3 Å². The summed E-state index contributed by atoms with van der Waals surface area (Å²) >= 11 is 0. The van der Waals surface area contributed by atoms with Crippen molar-refractivity contribution in [2.75, 3.05) is 26.1 Å². The molecular weight excluding hydrogens is 386 g/mol. The van der Waals surface area contributed by atoms with Crippen molar-refractivity contribution in [1.29, 1.82) is 0 Å². The van der Waals surface area contributed by atoms with Crippen LogP contribution < -0.4 is 15.2 Å². The SMILES string of the molecule is CCCCCCCCCCCCOC(=O)Oc1c(OCC)cc(N)cc1C(=O)OC. The monoisotopic (exact) mass is 423 g/mol. The first-order valence-corrected chi connectivity index (χ1v) is 11.0. The molecule has 0 fully saturated rings. The zero-order valence-electron chi connectivity index (χ0n) is 18.7. The predicted octanol–water partition coefficient (Wildman–Crippen LogP) is 5.89. The van der Waals surface area contributed by atoms with Gasteiger partial charge in [-0.1, -0.05) is 64.7 Å². The molecule has 0 atom stereocenters. The Kier molecular flexibility index (Phi) is 13.1. The third-order valence-corrected chi connectivity index (χ3v) is 4.69. The Morgan fingerprint density at radius 1 is 0.900 bits per heavy atom. The van der Waals surface area contributed by atoms with Crippen LogP contribution in [0.2, 0.25) is 0 Å². The Balaban J connectivity index is 2.40. The van der Waals surface area contributed by atoms with E-state index in [1.54, 1.807) is 6.92 Å². The maximum atomic E-state index is 12.1. The number of unbranched alkanes of at least 4 members (excludes halogenated alkanes) is 9. The van der Waals surface area contributed by atoms with Crippen molar-refractivity contribution >= 4 is 17.8 Å². The molecule has 0 aromatic heterocycles. The summed E-state index contributed by atoms with van der Waals surface area (Å²) < 4.78 is 20.6. The first-order valence-electron chi connectivity index (χ1n) is 11.0. The van der Waals surface area contributed by atoms with Gasteiger partial charge in [-0.2, -0.15) is 0 Å². The summed E-state index contributed by atoms with van der Waals surface area (Å²) in [7, 11) is 1.24. The van der Waals surface area contributed by atoms with Crippen molar-refractivity contribution in [1.82, 2.24) is 0 Å². The lowest BCUT2D eigenvalue weighted by Gasteiger charge is -2.14. The van der Waals surface area contributed by atoms with Gasteiger partial charge >= 0.3 is 12.1 Å². The smallest absolute Gasteiger partial charge is 0.490 e. The van der Waals surface area contributed by atoms with Crippen LogP contribution in [0.15, 0.2) is 12.1 Å². The van der Waals surface area contributed by atoms with Gasteiger partial charge in [0.05, 0.1) is 20.3 Å². The highest BCUT2D eigenvalue weighted by Gasteiger charge is 2.22. The fourth-order valence-electron chi connectivity index (χ4n) is 3.11. The number of esters is 1. The average molecular weight is 424 g/mol. The van der Waals surface area contributed by atoms with Crippen LogP contribution in [-0.4, -0.2) is 32.4 Å². The van der Waals surface area contributed by atoms with Crippen LogP contribution >= 0.6 is 0 Å². The van der Waals surface area contributed by atoms with Crippen LogP contribution in [0.1, 0.15) is 88.4 Å². The summed E-state index contributed by atoms with van der Waals surface area (Å²) in [6, 6.07) is 2.86. The van der Waals surface area contributed by atoms with Crippen molar-refractivity contribution < 1.29 is 28.5 Å². The lowest BCUT2D eigenvalue weighted by molar-refractivity contribution is 0.0592. The lowest BCUT2D eigenvalue weighted by Crippen LogP contribution is -2.16. The summed E-state index contributed by atoms with van der Waals surface area (Å²) in [6.07, 6.45) is 11.1. The van der Waals surface area contributed by atoms with E-state index < -0.39 is 12.1 Å². The fourth-order valence-corrected chi connectivity index (χ4v) is 3.11. The van der Waals surface area contributed by atoms with Crippen LogP contribution in [0.5, 0.6) is 11.5 Å². The molecule has 1 aromatic carbocycles. The largest absolute Gasteiger partial charge is 0.514 e. The minimum absolute atomic E-state index is 0.0110. The normalized spacial score (nSPS) is 10.5. The van der Waals surface area contributed by atoms with E-state index in [1.165, 1.54) is 64.2 Å². The Labute approximate surface area is 180 Å². The Morgan fingerprint density at radius 3 is 2.07 bits per heavy atom. The second kappa shape index (κ2) is 15.4. The molecule has 0 saturated carbocycles. The topological polar surface area (TPSA) is 97.1 Å². The second-order valence-electron chi connectivity index (χ2n) is 7.20. The van der Waals surface area contributed by atoms with Crippen molar-refractivity contribution in [3.8, 4) is 11.5 Å². The van der Waals surface area contributed by atoms with Gasteiger partial charge in [0, 0.05) is 11.8 Å². The molecule has 0 radical (unpaired) electrons. The summed E-state index contributed by atoms with van der Waals surface area (Å²) in [5.74, 6) is -0.541. The van der Waals surface area contributed by atoms with Crippen LogP contribution in [0.25, 0.3) is 0 Å². The van der Waals surface area contributed by atoms with Crippen molar-refractivity contribution in [3.63, 3.8) is 0 Å². The molecule has 7 nitrogen and oxygen atoms in total. The number of hydrogen-bond donors (Lipinski definition) is 1. The molecule has 2 N–H and O–H groups in total. The van der Waals surface area contributed by atoms with Gasteiger partial charge in [-0.15, -0.1) is 0 Å². The van der Waals surface area contributed by atoms with Crippen molar-refractivity contribution in [3.05, 3.63) is 17.7 Å². The molecule has 0 bridgehead atoms. The molecule has 1 aromatic rings. The Hall–Kier alpha value is -2.44. The maximum absolute atomic E-state index is 12.1. The molecule has 170 valence electrons. The molecule has 0 spiro atoms. The molecule has 7 heteroatoms. The number of ether oxygens (including phenoxy) is 4. The van der Waals surface area contributed by atoms with Gasteiger partial charge < -0.3 is 24.7 Å². The molecule has 1 rings (SSSR count). The second-order valence-corrected chi connectivity index (χ2v) is 7.20. The number of rotatable bonds is 15. The van der Waals surface area contributed by atoms with Crippen LogP contribution in [0, 0.1) is 0 Å². The Morgan fingerprint density at radius 2 is 1.50 bits per heavy atom. The zero-order valence-corrected chi connectivity index (χ0v) is 18.7. The van der Waals surface area contributed by atoms with Gasteiger partial charge in [0.2, 0.25) is 0 Å². The zero-order chi connectivity index (χ0) is 22.2. The van der Waals surface area contributed by atoms with Gasteiger partial charge in [-0.3, -0.25) is 0 Å². The van der Waals surface area contributed by atoms with E-state index in [-0.39, 0.29) is 23.7 Å². The quantitative estimate of drug-likeness (QED) is 0.162. The van der Waals surface area contributed by atoms with Gasteiger partial charge in [-0.25, -0.2) is 9.59 Å². The standard InChI is InChI=1S/C23H37NO6/c1-4-6-7-8-9-10-11-12-13-14-15-29-23(26)30-21-19(22(25)27-3)16-18(24)17-20(21)28-5-2/h16-17H,4-15,24H2,1-3H3. The first-order chi connectivity index (χ1) is 14.5. The number of carbonyl (C=O) groups is 2. The van der Waals surface area contributed by atoms with Gasteiger partial charge in [0.25, 0.3) is 0 Å². The number of methoxy groups -OCH3 is 1. The fraction of sp³-hybridized carbons (Fsp3) is 0.652. The average Bonchev–Trinajstić information content (AvgIpc) is 2.73. The molecule has 0 aliphatic heterocycles. The molecule has 0 saturated heterocycles. The number of nitrogens with two attached hydrogens (primary N) is 1. The minimum Gasteiger partial charge on any atom is -0.490 e. The summed E-state index contributed by atoms with van der Waals surface area (Å²) in [4.78, 5) is 24.1. The molecule has 0 heterocycles. The van der Waals surface area contributed by atoms with E-state index >= 15 is 0 Å². The highest BCUT2D eigenvalue weighted by molar-refractivity contribution is 5.95. The van der Waals surface area contributed by atoms with E-state index in [1.807, 2.05) is 0 Å². The lowest BCUT2D eigenvalue weighted by atomic mass is 10.1. The highest BCUT2D eigenvalue weighted by Crippen LogP contribution is 2.35. The maximum Gasteiger partial charge on any atom is 0.514 e. The number of benzene rings is 1. The molecule has 0 amide bonds. The summed E-state index contributed by atoms with van der Waals surface area (Å²) in [6.45, 7) is 4.58. The summed E-state index contributed by atoms with van der Waals surface area (Å²) in [5.41, 5.74) is 6.11. The van der Waals surface area contributed by atoms with Gasteiger partial charge in [0.1, 0.15) is 5.56 Å². The van der Waals surface area contributed by atoms with Crippen LogP contribution in [0.4, 0.5) is 10.5 Å². The number of hydrogen-bond acceptors (Lipinski definition) is 7. The Bertz CT molecular complexity index is 647. The minimum atomic E-state index is -0.887. The van der Waals surface area contributed by atoms with Gasteiger partial charge in [-0.05, 0) is 19.4 Å². The highest BCUT2D eigenvalue weighted by atomic mass is 16.7. The van der Waals surface area contributed by atoms with E-state index in [2.05, 4.69) is 6.92 Å². The van der Waals surface area contributed by atoms with Crippen molar-refractivity contribution in [2.24, 2.45) is 0 Å². The van der Waals surface area contributed by atoms with Crippen molar-refractivity contribution in [2.45, 2.75) is 78.1 Å². The number of carbonyl (C=O) groups excluding carboxylic acids is 2. The van der Waals surface area contributed by atoms with Crippen LogP contribution in [0.3, 0.4) is 0 Å². The molecule has 0 aliphatic carbocycles. The molecule has 0 unspecified atom stereocenters. The predicted molar refractivity (Wildman–Crippen MR) is 117 cm³/mol. The molecule has 30 heavy (non-hydrogen) atoms. The third kappa shape index (κ3) is 9.85. The van der Waals surface area contributed by atoms with Crippen LogP contribution in [-0.2, 0) is 9.47 Å². The van der Waals surface area contributed by atoms with E-state index in [4.69, 9.17) is 24.7 Å². The summed E-state index contributed by atoms with van der Waals surface area (Å²) in [5, 5.41) is 0. The number of nitrogen functional groups attached to an aromatic ring is 1. The van der Waals surface area contributed by atoms with E-state index in [0.717, 1.165) is 19.3 Å². The first kappa shape index (κ1) is 25.6. The molecular formula is C23H37NO6. The van der Waals surface area contributed by atoms with E-state index in [9.17, 15) is 9.59 Å². The third-order valence-electron chi connectivity index (χ3n) is 4.69. The van der Waals surface area contributed by atoms with Gasteiger partial charge in [0.15, 0.2) is 11.5 Å². The number of anilines is 1. The molecule has 0 aliphatic rings.